The first-order valence-electron chi connectivity index (χ1n) is 8.45. The highest BCUT2D eigenvalue weighted by molar-refractivity contribution is 7.84. The van der Waals surface area contributed by atoms with Gasteiger partial charge in [-0.3, -0.25) is 13.8 Å². The zero-order valence-electron chi connectivity index (χ0n) is 15.3. The molecule has 0 radical (unpaired) electrons. The van der Waals surface area contributed by atoms with Crippen LogP contribution in [0.3, 0.4) is 0 Å². The van der Waals surface area contributed by atoms with Crippen LogP contribution in [0.15, 0.2) is 35.3 Å². The Kier molecular flexibility index (Phi) is 7.15. The number of nitrogens with one attached hydrogen (secondary N) is 2. The molecule has 0 spiro atoms. The number of H-pyrrole nitrogens is 1. The van der Waals surface area contributed by atoms with E-state index >= 15 is 0 Å². The third-order valence-corrected chi connectivity index (χ3v) is 4.89. The van der Waals surface area contributed by atoms with Crippen LogP contribution in [0.1, 0.15) is 30.2 Å². The number of aryl methyl sites for hydroxylation is 2. The Hall–Kier alpha value is -2.41. The largest absolute Gasteiger partial charge is 0.488 e. The number of rotatable bonds is 8. The fourth-order valence-electron chi connectivity index (χ4n) is 2.34. The smallest absolute Gasteiger partial charge is 0.237 e. The Labute approximate surface area is 155 Å². The van der Waals surface area contributed by atoms with Crippen LogP contribution in [0.2, 0.25) is 0 Å². The molecule has 0 aliphatic carbocycles. The van der Waals surface area contributed by atoms with Crippen LogP contribution >= 0.6 is 0 Å². The Bertz CT molecular complexity index is 861. The standard InChI is InChI=1S/C19H24N2O4S/c1-4-7-25-18-10-20-15(9-17(18)22)11-26(24)12-19(23)21-16-8-13(2)5-6-14(16)3/h5-6,8-10H,4,7,11-12H2,1-3H3,(H,20,22)(H,21,23). The number of aromatic nitrogens is 1. The fraction of sp³-hybridized carbons (Fsp3) is 0.368. The molecule has 2 rings (SSSR count). The average Bonchev–Trinajstić information content (AvgIpc) is 2.57. The summed E-state index contributed by atoms with van der Waals surface area (Å²) in [5.74, 6) is -0.108. The highest BCUT2D eigenvalue weighted by atomic mass is 32.2. The monoisotopic (exact) mass is 376 g/mol. The van der Waals surface area contributed by atoms with Crippen molar-refractivity contribution in [1.82, 2.24) is 4.98 Å². The summed E-state index contributed by atoms with van der Waals surface area (Å²) in [5, 5.41) is 2.79. The zero-order chi connectivity index (χ0) is 19.1. The van der Waals surface area contributed by atoms with Gasteiger partial charge in [-0.1, -0.05) is 19.1 Å². The molecule has 1 amide bonds. The summed E-state index contributed by atoms with van der Waals surface area (Å²) in [6.45, 7) is 6.26. The number of carbonyl (C=O) groups is 1. The molecule has 0 aliphatic heterocycles. The average molecular weight is 376 g/mol. The minimum atomic E-state index is -1.43. The molecule has 1 atom stereocenters. The van der Waals surface area contributed by atoms with Crippen LogP contribution in [0.4, 0.5) is 5.69 Å². The summed E-state index contributed by atoms with van der Waals surface area (Å²) in [4.78, 5) is 27.0. The molecule has 0 saturated carbocycles. The molecule has 0 bridgehead atoms. The van der Waals surface area contributed by atoms with Crippen molar-refractivity contribution in [2.75, 3.05) is 17.7 Å². The van der Waals surface area contributed by atoms with E-state index in [2.05, 4.69) is 10.3 Å². The zero-order valence-corrected chi connectivity index (χ0v) is 16.1. The molecule has 0 saturated heterocycles. The molecule has 0 aliphatic rings. The van der Waals surface area contributed by atoms with Crippen molar-refractivity contribution in [2.45, 2.75) is 32.9 Å². The number of ether oxygens (including phenoxy) is 1. The number of amides is 1. The molecular weight excluding hydrogens is 352 g/mol. The van der Waals surface area contributed by atoms with Crippen molar-refractivity contribution < 1.29 is 13.7 Å². The number of hydrogen-bond acceptors (Lipinski definition) is 4. The maximum absolute atomic E-state index is 12.2. The highest BCUT2D eigenvalue weighted by Gasteiger charge is 2.12. The Morgan fingerprint density at radius 2 is 2.04 bits per heavy atom. The van der Waals surface area contributed by atoms with E-state index in [9.17, 15) is 13.8 Å². The van der Waals surface area contributed by atoms with Gasteiger partial charge in [0, 0.05) is 34.4 Å². The van der Waals surface area contributed by atoms with Crippen molar-refractivity contribution in [1.29, 1.82) is 0 Å². The van der Waals surface area contributed by atoms with E-state index in [1.165, 1.54) is 12.3 Å². The lowest BCUT2D eigenvalue weighted by Crippen LogP contribution is -2.21. The Balaban J connectivity index is 1.93. The van der Waals surface area contributed by atoms with Gasteiger partial charge in [-0.05, 0) is 37.5 Å². The third kappa shape index (κ3) is 5.84. The molecule has 1 heterocycles. The normalized spacial score (nSPS) is 11.8. The maximum Gasteiger partial charge on any atom is 0.237 e. The molecular formula is C19H24N2O4S. The van der Waals surface area contributed by atoms with Crippen LogP contribution in [0.25, 0.3) is 0 Å². The lowest BCUT2D eigenvalue weighted by Gasteiger charge is -2.09. The van der Waals surface area contributed by atoms with Gasteiger partial charge in [-0.2, -0.15) is 0 Å². The quantitative estimate of drug-likeness (QED) is 0.741. The van der Waals surface area contributed by atoms with Gasteiger partial charge in [0.2, 0.25) is 11.3 Å². The van der Waals surface area contributed by atoms with Gasteiger partial charge in [0.1, 0.15) is 5.75 Å². The Morgan fingerprint density at radius 3 is 2.73 bits per heavy atom. The lowest BCUT2D eigenvalue weighted by atomic mass is 10.1. The summed E-state index contributed by atoms with van der Waals surface area (Å²) in [7, 11) is -1.43. The first-order chi connectivity index (χ1) is 12.4. The molecule has 2 N–H and O–H groups in total. The third-order valence-electron chi connectivity index (χ3n) is 3.67. The van der Waals surface area contributed by atoms with Gasteiger partial charge in [-0.25, -0.2) is 0 Å². The second-order valence-electron chi connectivity index (χ2n) is 6.13. The van der Waals surface area contributed by atoms with E-state index in [0.717, 1.165) is 23.2 Å². The van der Waals surface area contributed by atoms with Gasteiger partial charge < -0.3 is 15.0 Å². The molecule has 2 aromatic rings. The van der Waals surface area contributed by atoms with E-state index in [4.69, 9.17) is 4.74 Å². The summed E-state index contributed by atoms with van der Waals surface area (Å²) in [6, 6.07) is 7.14. The molecule has 140 valence electrons. The number of benzene rings is 1. The van der Waals surface area contributed by atoms with Crippen molar-refractivity contribution >= 4 is 22.4 Å². The first kappa shape index (κ1) is 19.9. The van der Waals surface area contributed by atoms with E-state index in [0.29, 0.717) is 12.3 Å². The van der Waals surface area contributed by atoms with Crippen LogP contribution in [-0.4, -0.2) is 27.5 Å². The number of aromatic amines is 1. The summed E-state index contributed by atoms with van der Waals surface area (Å²) >= 11 is 0. The molecule has 6 nitrogen and oxygen atoms in total. The van der Waals surface area contributed by atoms with Crippen molar-refractivity contribution in [3.05, 3.63) is 57.5 Å². The summed E-state index contributed by atoms with van der Waals surface area (Å²) < 4.78 is 17.5. The minimum absolute atomic E-state index is 0.101. The van der Waals surface area contributed by atoms with Crippen molar-refractivity contribution in [2.24, 2.45) is 0 Å². The predicted molar refractivity (Wildman–Crippen MR) is 104 cm³/mol. The Morgan fingerprint density at radius 1 is 1.27 bits per heavy atom. The number of hydrogen-bond donors (Lipinski definition) is 2. The first-order valence-corrected chi connectivity index (χ1v) is 9.94. The van der Waals surface area contributed by atoms with Crippen LogP contribution in [-0.2, 0) is 21.3 Å². The van der Waals surface area contributed by atoms with Crippen molar-refractivity contribution in [3.8, 4) is 5.75 Å². The molecule has 1 unspecified atom stereocenters. The van der Waals surface area contributed by atoms with Crippen LogP contribution in [0.5, 0.6) is 5.75 Å². The minimum Gasteiger partial charge on any atom is -0.488 e. The molecule has 7 heteroatoms. The maximum atomic E-state index is 12.2. The molecule has 26 heavy (non-hydrogen) atoms. The van der Waals surface area contributed by atoms with Crippen molar-refractivity contribution in [3.63, 3.8) is 0 Å². The van der Waals surface area contributed by atoms with Gasteiger partial charge in [0.05, 0.1) is 12.4 Å². The topological polar surface area (TPSA) is 88.3 Å². The van der Waals surface area contributed by atoms with E-state index in [1.54, 1.807) is 0 Å². The molecule has 1 aromatic heterocycles. The number of carbonyl (C=O) groups excluding carboxylic acids is 1. The molecule has 1 aromatic carbocycles. The van der Waals surface area contributed by atoms with Crippen LogP contribution < -0.4 is 15.5 Å². The number of anilines is 1. The van der Waals surface area contributed by atoms with Gasteiger partial charge in [-0.15, -0.1) is 0 Å². The fourth-order valence-corrected chi connectivity index (χ4v) is 3.32. The SMILES string of the molecule is CCCOc1c[nH]c(CS(=O)CC(=O)Nc2cc(C)ccc2C)cc1=O. The summed E-state index contributed by atoms with van der Waals surface area (Å²) in [6.07, 6.45) is 2.28. The van der Waals surface area contributed by atoms with Gasteiger partial charge >= 0.3 is 0 Å². The van der Waals surface area contributed by atoms with E-state index < -0.39 is 10.8 Å². The second-order valence-corrected chi connectivity index (χ2v) is 7.59. The molecule has 0 fully saturated rings. The van der Waals surface area contributed by atoms with Gasteiger partial charge in [0.15, 0.2) is 5.75 Å². The van der Waals surface area contributed by atoms with E-state index in [-0.39, 0.29) is 28.6 Å². The van der Waals surface area contributed by atoms with E-state index in [1.807, 2.05) is 39.0 Å². The summed E-state index contributed by atoms with van der Waals surface area (Å²) in [5.41, 5.74) is 2.95. The number of pyridine rings is 1. The van der Waals surface area contributed by atoms with Crippen LogP contribution in [0, 0.1) is 13.8 Å². The predicted octanol–water partition coefficient (Wildman–Crippen LogP) is 2.67. The second kappa shape index (κ2) is 9.33. The van der Waals surface area contributed by atoms with Gasteiger partial charge in [0.25, 0.3) is 0 Å². The lowest BCUT2D eigenvalue weighted by molar-refractivity contribution is -0.113. The highest BCUT2D eigenvalue weighted by Crippen LogP contribution is 2.16.